The highest BCUT2D eigenvalue weighted by Gasteiger charge is 2.35. The molecule has 29 heavy (non-hydrogen) atoms. The van der Waals surface area contributed by atoms with Crippen LogP contribution >= 0.6 is 0 Å². The molecule has 0 aromatic carbocycles. The lowest BCUT2D eigenvalue weighted by Crippen LogP contribution is -2.40. The molecule has 0 aliphatic rings. The van der Waals surface area contributed by atoms with Gasteiger partial charge in [-0.15, -0.1) is 0 Å². The number of pyridine rings is 1. The molecule has 160 valence electrons. The zero-order valence-corrected chi connectivity index (χ0v) is 17.3. The summed E-state index contributed by atoms with van der Waals surface area (Å²) in [4.78, 5) is 9.82. The van der Waals surface area contributed by atoms with E-state index in [1.165, 1.54) is 12.3 Å². The zero-order valence-electron chi connectivity index (χ0n) is 17.3. The summed E-state index contributed by atoms with van der Waals surface area (Å²) in [7, 11) is 5.41. The zero-order chi connectivity index (χ0) is 21.6. The van der Waals surface area contributed by atoms with Gasteiger partial charge in [-0.1, -0.05) is 13.8 Å². The van der Waals surface area contributed by atoms with E-state index in [-0.39, 0.29) is 13.2 Å². The number of guanidine groups is 1. The minimum atomic E-state index is -4.51. The van der Waals surface area contributed by atoms with Gasteiger partial charge in [0.25, 0.3) is 0 Å². The molecule has 0 aliphatic carbocycles. The van der Waals surface area contributed by atoms with E-state index in [2.05, 4.69) is 34.2 Å². The first kappa shape index (κ1) is 22.5. The van der Waals surface area contributed by atoms with Gasteiger partial charge in [0.2, 0.25) is 5.88 Å². The van der Waals surface area contributed by atoms with E-state index in [0.717, 1.165) is 17.3 Å². The van der Waals surface area contributed by atoms with Crippen molar-refractivity contribution in [1.29, 1.82) is 0 Å². The summed E-state index contributed by atoms with van der Waals surface area (Å²) in [6.07, 6.45) is -1.27. The van der Waals surface area contributed by atoms with Crippen molar-refractivity contribution in [1.82, 2.24) is 25.0 Å². The van der Waals surface area contributed by atoms with Crippen molar-refractivity contribution >= 4 is 5.96 Å². The van der Waals surface area contributed by atoms with E-state index >= 15 is 0 Å². The molecule has 2 aromatic rings. The predicted octanol–water partition coefficient (Wildman–Crippen LogP) is 3.04. The fourth-order valence-corrected chi connectivity index (χ4v) is 2.91. The molecule has 0 spiro atoms. The van der Waals surface area contributed by atoms with Crippen LogP contribution in [0, 0.1) is 0 Å². The minimum absolute atomic E-state index is 0.0110. The molecule has 1 N–H and O–H groups in total. The molecule has 2 aromatic heterocycles. The van der Waals surface area contributed by atoms with E-state index in [4.69, 9.17) is 4.74 Å². The van der Waals surface area contributed by atoms with Crippen LogP contribution in [-0.2, 0) is 19.8 Å². The third-order valence-corrected chi connectivity index (χ3v) is 4.17. The molecular weight excluding hydrogens is 385 g/mol. The van der Waals surface area contributed by atoms with Crippen LogP contribution in [0.3, 0.4) is 0 Å². The van der Waals surface area contributed by atoms with E-state index in [0.29, 0.717) is 18.4 Å². The van der Waals surface area contributed by atoms with Gasteiger partial charge in [0, 0.05) is 45.6 Å². The van der Waals surface area contributed by atoms with Crippen molar-refractivity contribution in [2.24, 2.45) is 12.0 Å². The highest BCUT2D eigenvalue weighted by Crippen LogP contribution is 2.34. The van der Waals surface area contributed by atoms with E-state index < -0.39 is 17.6 Å². The number of aromatic nitrogens is 3. The van der Waals surface area contributed by atoms with Crippen LogP contribution in [-0.4, -0.2) is 52.9 Å². The normalized spacial score (nSPS) is 12.4. The number of aliphatic imine (C=N–C) groups is 1. The molecule has 0 atom stereocenters. The molecule has 0 saturated carbocycles. The molecule has 2 heterocycles. The SMILES string of the molecule is CN=C(NCCOc1ncccc1C(F)(F)F)N(C)Cc1cn(C)nc1C(C)C. The summed E-state index contributed by atoms with van der Waals surface area (Å²) in [5.74, 6) is 0.468. The summed E-state index contributed by atoms with van der Waals surface area (Å²) in [6.45, 7) is 5.05. The van der Waals surface area contributed by atoms with E-state index in [9.17, 15) is 13.2 Å². The number of nitrogens with zero attached hydrogens (tertiary/aromatic N) is 5. The maximum absolute atomic E-state index is 13.0. The molecule has 0 fully saturated rings. The molecule has 7 nitrogen and oxygen atoms in total. The van der Waals surface area contributed by atoms with Gasteiger partial charge in [-0.2, -0.15) is 18.3 Å². The Kier molecular flexibility index (Phi) is 7.46. The van der Waals surface area contributed by atoms with Gasteiger partial charge >= 0.3 is 6.18 Å². The number of alkyl halides is 3. The lowest BCUT2D eigenvalue weighted by Gasteiger charge is -2.22. The fourth-order valence-electron chi connectivity index (χ4n) is 2.91. The average Bonchev–Trinajstić information content (AvgIpc) is 3.01. The number of rotatable bonds is 7. The van der Waals surface area contributed by atoms with Gasteiger partial charge in [-0.25, -0.2) is 4.98 Å². The lowest BCUT2D eigenvalue weighted by molar-refractivity contribution is -0.139. The Balaban J connectivity index is 1.92. The Hall–Kier alpha value is -2.78. The first-order chi connectivity index (χ1) is 13.6. The topological polar surface area (TPSA) is 67.6 Å². The second kappa shape index (κ2) is 9.62. The van der Waals surface area contributed by atoms with Crippen LogP contribution in [0.1, 0.15) is 36.6 Å². The first-order valence-corrected chi connectivity index (χ1v) is 9.22. The van der Waals surface area contributed by atoms with Gasteiger partial charge < -0.3 is 15.0 Å². The molecule has 10 heteroatoms. The summed E-state index contributed by atoms with van der Waals surface area (Å²) in [5.41, 5.74) is 1.22. The molecule has 0 radical (unpaired) electrons. The van der Waals surface area contributed by atoms with Crippen LogP contribution in [0.4, 0.5) is 13.2 Å². The number of aryl methyl sites for hydroxylation is 1. The second-order valence-corrected chi connectivity index (χ2v) is 6.90. The maximum Gasteiger partial charge on any atom is 0.421 e. The van der Waals surface area contributed by atoms with Crippen molar-refractivity contribution in [3.05, 3.63) is 41.3 Å². The van der Waals surface area contributed by atoms with Gasteiger partial charge in [0.05, 0.1) is 12.2 Å². The third-order valence-electron chi connectivity index (χ3n) is 4.17. The summed E-state index contributed by atoms with van der Waals surface area (Å²) >= 11 is 0. The van der Waals surface area contributed by atoms with Crippen molar-refractivity contribution in [3.63, 3.8) is 0 Å². The first-order valence-electron chi connectivity index (χ1n) is 9.22. The largest absolute Gasteiger partial charge is 0.475 e. The van der Waals surface area contributed by atoms with Crippen LogP contribution in [0.5, 0.6) is 5.88 Å². The van der Waals surface area contributed by atoms with Gasteiger partial charge in [-0.3, -0.25) is 9.67 Å². The van der Waals surface area contributed by atoms with Gasteiger partial charge in [0.15, 0.2) is 5.96 Å². The van der Waals surface area contributed by atoms with Crippen LogP contribution in [0.15, 0.2) is 29.5 Å². The number of nitrogens with one attached hydrogen (secondary N) is 1. The molecule has 0 bridgehead atoms. The molecule has 2 rings (SSSR count). The Morgan fingerprint density at radius 3 is 2.72 bits per heavy atom. The van der Waals surface area contributed by atoms with E-state index in [1.807, 2.05) is 25.2 Å². The van der Waals surface area contributed by atoms with Crippen molar-refractivity contribution in [2.75, 3.05) is 27.2 Å². The molecule has 0 unspecified atom stereocenters. The van der Waals surface area contributed by atoms with E-state index in [1.54, 1.807) is 11.7 Å². The van der Waals surface area contributed by atoms with Crippen molar-refractivity contribution in [2.45, 2.75) is 32.5 Å². The molecule has 0 amide bonds. The summed E-state index contributed by atoms with van der Waals surface area (Å²) in [5, 5.41) is 7.58. The number of hydrogen-bond acceptors (Lipinski definition) is 4. The standard InChI is InChI=1S/C19H27F3N6O/c1-13(2)16-14(12-28(5)26-16)11-27(4)18(23-3)25-9-10-29-17-15(19(20,21)22)7-6-8-24-17/h6-8,12-13H,9-11H2,1-5H3,(H,23,25). The third kappa shape index (κ3) is 6.10. The lowest BCUT2D eigenvalue weighted by atomic mass is 10.1. The van der Waals surface area contributed by atoms with Crippen LogP contribution in [0.25, 0.3) is 0 Å². The predicted molar refractivity (Wildman–Crippen MR) is 105 cm³/mol. The summed E-state index contributed by atoms with van der Waals surface area (Å²) < 4.78 is 45.9. The second-order valence-electron chi connectivity index (χ2n) is 6.90. The highest BCUT2D eigenvalue weighted by atomic mass is 19.4. The monoisotopic (exact) mass is 412 g/mol. The number of ether oxygens (including phenoxy) is 1. The van der Waals surface area contributed by atoms with Gasteiger partial charge in [-0.05, 0) is 18.1 Å². The Bertz CT molecular complexity index is 832. The Labute approximate surface area is 168 Å². The molecule has 0 saturated heterocycles. The summed E-state index contributed by atoms with van der Waals surface area (Å²) in [6, 6.07) is 2.18. The molecule has 0 aliphatic heterocycles. The van der Waals surface area contributed by atoms with Crippen molar-refractivity contribution < 1.29 is 17.9 Å². The van der Waals surface area contributed by atoms with Gasteiger partial charge in [0.1, 0.15) is 12.2 Å². The maximum atomic E-state index is 13.0. The smallest absolute Gasteiger partial charge is 0.421 e. The Morgan fingerprint density at radius 2 is 2.10 bits per heavy atom. The number of halogens is 3. The molecular formula is C19H27F3N6O. The Morgan fingerprint density at radius 1 is 1.38 bits per heavy atom. The van der Waals surface area contributed by atoms with Crippen LogP contribution in [0.2, 0.25) is 0 Å². The highest BCUT2D eigenvalue weighted by molar-refractivity contribution is 5.79. The van der Waals surface area contributed by atoms with Crippen LogP contribution < -0.4 is 10.1 Å². The average molecular weight is 412 g/mol. The number of hydrogen-bond donors (Lipinski definition) is 1. The minimum Gasteiger partial charge on any atom is -0.475 e. The van der Waals surface area contributed by atoms with Crippen molar-refractivity contribution in [3.8, 4) is 5.88 Å². The quantitative estimate of drug-likeness (QED) is 0.430. The fraction of sp³-hybridized carbons (Fsp3) is 0.526.